The van der Waals surface area contributed by atoms with Crippen molar-refractivity contribution in [3.63, 3.8) is 0 Å². The Morgan fingerprint density at radius 1 is 0.789 bits per heavy atom. The van der Waals surface area contributed by atoms with Crippen LogP contribution in [0.4, 0.5) is 0 Å². The largest absolute Gasteiger partial charge is 0.368 e. The molecule has 0 aliphatic carbocycles. The number of primary amides is 1. The fraction of sp³-hybridized carbons (Fsp3) is 0.423. The van der Waals surface area contributed by atoms with Crippen molar-refractivity contribution < 1.29 is 14.4 Å². The molecular formula is C26H33Cl4N5O3. The molecule has 0 radical (unpaired) electrons. The highest BCUT2D eigenvalue weighted by Gasteiger charge is 2.26. The predicted molar refractivity (Wildman–Crippen MR) is 154 cm³/mol. The van der Waals surface area contributed by atoms with Crippen LogP contribution in [0.3, 0.4) is 0 Å². The van der Waals surface area contributed by atoms with Gasteiger partial charge in [0.2, 0.25) is 17.7 Å². The lowest BCUT2D eigenvalue weighted by Crippen LogP contribution is -2.50. The summed E-state index contributed by atoms with van der Waals surface area (Å²) >= 11 is 24.5. The predicted octanol–water partition coefficient (Wildman–Crippen LogP) is 3.68. The second-order valence-electron chi connectivity index (χ2n) is 8.90. The zero-order chi connectivity index (χ0) is 28.2. The number of amides is 3. The van der Waals surface area contributed by atoms with Crippen LogP contribution >= 0.6 is 46.4 Å². The third-order valence-electron chi connectivity index (χ3n) is 5.96. The first-order valence-corrected chi connectivity index (χ1v) is 13.7. The molecule has 6 N–H and O–H groups in total. The average Bonchev–Trinajstić information content (AvgIpc) is 2.85. The molecule has 2 aromatic rings. The van der Waals surface area contributed by atoms with Gasteiger partial charge in [0.25, 0.3) is 0 Å². The van der Waals surface area contributed by atoms with E-state index < -0.39 is 17.9 Å². The smallest absolute Gasteiger partial charge is 0.242 e. The topological polar surface area (TPSA) is 136 Å². The molecule has 208 valence electrons. The minimum absolute atomic E-state index is 0.163. The van der Waals surface area contributed by atoms with Crippen LogP contribution in [-0.4, -0.2) is 66.3 Å². The van der Waals surface area contributed by atoms with Crippen molar-refractivity contribution in [2.75, 3.05) is 32.7 Å². The summed E-state index contributed by atoms with van der Waals surface area (Å²) in [7, 11) is 0. The van der Waals surface area contributed by atoms with Gasteiger partial charge in [-0.3, -0.25) is 14.4 Å². The summed E-state index contributed by atoms with van der Waals surface area (Å²) < 4.78 is 0. The second kappa shape index (κ2) is 16.1. The zero-order valence-electron chi connectivity index (χ0n) is 21.0. The van der Waals surface area contributed by atoms with Gasteiger partial charge >= 0.3 is 0 Å². The summed E-state index contributed by atoms with van der Waals surface area (Å²) in [4.78, 5) is 41.0. The van der Waals surface area contributed by atoms with Gasteiger partial charge in [-0.15, -0.1) is 0 Å². The van der Waals surface area contributed by atoms with E-state index in [-0.39, 0.29) is 32.1 Å². The maximum absolute atomic E-state index is 13.3. The maximum Gasteiger partial charge on any atom is 0.242 e. The number of halogens is 4. The minimum atomic E-state index is -0.799. The SMILES string of the molecule is NCCCCC(N)C(=O)N(CCc1ccc(Cl)cc1Cl)CC(=O)N(CCc1ccc(Cl)cc1Cl)CC(N)=O. The number of hydrogen-bond donors (Lipinski definition) is 3. The van der Waals surface area contributed by atoms with Gasteiger partial charge in [0.1, 0.15) is 0 Å². The number of benzene rings is 2. The van der Waals surface area contributed by atoms with Crippen molar-refractivity contribution in [3.05, 3.63) is 67.6 Å². The average molecular weight is 605 g/mol. The number of rotatable bonds is 15. The van der Waals surface area contributed by atoms with Crippen molar-refractivity contribution in [1.29, 1.82) is 0 Å². The lowest BCUT2D eigenvalue weighted by Gasteiger charge is -2.29. The molecule has 0 saturated heterocycles. The molecule has 0 saturated carbocycles. The second-order valence-corrected chi connectivity index (χ2v) is 10.6. The molecule has 12 heteroatoms. The van der Waals surface area contributed by atoms with E-state index >= 15 is 0 Å². The van der Waals surface area contributed by atoms with Gasteiger partial charge in [0, 0.05) is 33.2 Å². The first kappa shape index (κ1) is 32.1. The van der Waals surface area contributed by atoms with Gasteiger partial charge in [-0.05, 0) is 67.6 Å². The van der Waals surface area contributed by atoms with Crippen molar-refractivity contribution in [2.45, 2.75) is 38.1 Å². The van der Waals surface area contributed by atoms with Crippen LogP contribution in [0.5, 0.6) is 0 Å². The molecule has 0 fully saturated rings. The van der Waals surface area contributed by atoms with E-state index in [0.29, 0.717) is 52.3 Å². The van der Waals surface area contributed by atoms with Crippen LogP contribution in [0, 0.1) is 0 Å². The maximum atomic E-state index is 13.3. The number of nitrogens with zero attached hydrogens (tertiary/aromatic N) is 2. The highest BCUT2D eigenvalue weighted by molar-refractivity contribution is 6.35. The Morgan fingerprint density at radius 3 is 1.79 bits per heavy atom. The van der Waals surface area contributed by atoms with Gasteiger partial charge in [-0.25, -0.2) is 0 Å². The Hall–Kier alpha value is -2.07. The normalized spacial score (nSPS) is 11.7. The molecule has 3 amide bonds. The third-order valence-corrected chi connectivity index (χ3v) is 7.13. The molecule has 0 bridgehead atoms. The van der Waals surface area contributed by atoms with Crippen molar-refractivity contribution >= 4 is 64.1 Å². The Bertz CT molecular complexity index is 1120. The number of nitrogens with two attached hydrogens (primary N) is 3. The highest BCUT2D eigenvalue weighted by Crippen LogP contribution is 2.23. The van der Waals surface area contributed by atoms with Crippen LogP contribution in [0.15, 0.2) is 36.4 Å². The summed E-state index contributed by atoms with van der Waals surface area (Å²) in [6.45, 7) is 0.256. The third kappa shape index (κ3) is 10.6. The molecular weight excluding hydrogens is 572 g/mol. The summed E-state index contributed by atoms with van der Waals surface area (Å²) in [5.41, 5.74) is 18.7. The van der Waals surface area contributed by atoms with Crippen LogP contribution in [-0.2, 0) is 27.2 Å². The van der Waals surface area contributed by atoms with Gasteiger partial charge in [-0.2, -0.15) is 0 Å². The van der Waals surface area contributed by atoms with Crippen molar-refractivity contribution in [3.8, 4) is 0 Å². The van der Waals surface area contributed by atoms with Gasteiger partial charge in [-0.1, -0.05) is 65.0 Å². The standard InChI is InChI=1S/C26H33Cl4N5O3/c27-19-6-4-17(21(29)13-19)8-11-34(15-24(33)36)25(37)16-35(26(38)23(32)3-1-2-10-31)12-9-18-5-7-20(28)14-22(18)30/h4-7,13-14,23H,1-3,8-12,15-16,31-32H2,(H2,33,36). The fourth-order valence-electron chi connectivity index (χ4n) is 3.84. The van der Waals surface area contributed by atoms with E-state index in [4.69, 9.17) is 63.6 Å². The van der Waals surface area contributed by atoms with Crippen molar-refractivity contribution in [1.82, 2.24) is 9.80 Å². The Labute approximate surface area is 243 Å². The number of carbonyl (C=O) groups is 3. The summed E-state index contributed by atoms with van der Waals surface area (Å²) in [5, 5.41) is 1.89. The molecule has 38 heavy (non-hydrogen) atoms. The monoisotopic (exact) mass is 603 g/mol. The van der Waals surface area contributed by atoms with Gasteiger partial charge in [0.15, 0.2) is 0 Å². The van der Waals surface area contributed by atoms with E-state index in [1.807, 2.05) is 0 Å². The zero-order valence-corrected chi connectivity index (χ0v) is 24.0. The molecule has 0 aromatic heterocycles. The Morgan fingerprint density at radius 2 is 1.32 bits per heavy atom. The van der Waals surface area contributed by atoms with Crippen LogP contribution in [0.25, 0.3) is 0 Å². The lowest BCUT2D eigenvalue weighted by molar-refractivity contribution is -0.142. The molecule has 2 rings (SSSR count). The minimum Gasteiger partial charge on any atom is -0.368 e. The molecule has 0 aliphatic rings. The van der Waals surface area contributed by atoms with Gasteiger partial charge < -0.3 is 27.0 Å². The first-order valence-electron chi connectivity index (χ1n) is 12.2. The highest BCUT2D eigenvalue weighted by atomic mass is 35.5. The van der Waals surface area contributed by atoms with Crippen LogP contribution in [0.2, 0.25) is 20.1 Å². The van der Waals surface area contributed by atoms with Gasteiger partial charge in [0.05, 0.1) is 19.1 Å². The number of hydrogen-bond acceptors (Lipinski definition) is 5. The quantitative estimate of drug-likeness (QED) is 0.266. The molecule has 1 atom stereocenters. The lowest BCUT2D eigenvalue weighted by atomic mass is 10.1. The molecule has 2 aromatic carbocycles. The number of carbonyl (C=O) groups excluding carboxylic acids is 3. The molecule has 0 spiro atoms. The first-order chi connectivity index (χ1) is 18.0. The van der Waals surface area contributed by atoms with E-state index in [9.17, 15) is 14.4 Å². The summed E-state index contributed by atoms with van der Waals surface area (Å²) in [6, 6.07) is 9.34. The van der Waals surface area contributed by atoms with E-state index in [1.165, 1.54) is 9.80 Å². The molecule has 8 nitrogen and oxygen atoms in total. The number of unbranched alkanes of at least 4 members (excludes halogenated alkanes) is 1. The Kier molecular flexibility index (Phi) is 13.6. The van der Waals surface area contributed by atoms with Crippen LogP contribution < -0.4 is 17.2 Å². The molecule has 0 aliphatic heterocycles. The fourth-order valence-corrected chi connectivity index (χ4v) is 4.84. The van der Waals surface area contributed by atoms with Crippen molar-refractivity contribution in [2.24, 2.45) is 17.2 Å². The van der Waals surface area contributed by atoms with Crippen LogP contribution in [0.1, 0.15) is 30.4 Å². The van der Waals surface area contributed by atoms with E-state index in [2.05, 4.69) is 0 Å². The Balaban J connectivity index is 2.18. The molecule has 1 unspecified atom stereocenters. The molecule has 0 heterocycles. The summed E-state index contributed by atoms with van der Waals surface area (Å²) in [5.74, 6) is -1.50. The van der Waals surface area contributed by atoms with E-state index in [0.717, 1.165) is 17.5 Å². The van der Waals surface area contributed by atoms with E-state index in [1.54, 1.807) is 36.4 Å². The summed E-state index contributed by atoms with van der Waals surface area (Å²) in [6.07, 6.45) is 2.59.